The maximum Gasteiger partial charge on any atom is 0.107 e. The summed E-state index contributed by atoms with van der Waals surface area (Å²) in [5.74, 6) is 1.71. The van der Waals surface area contributed by atoms with Crippen LogP contribution in [0.2, 0.25) is 0 Å². The average molecular weight is 314 g/mol. The minimum Gasteiger partial charge on any atom is -0.299 e. The van der Waals surface area contributed by atoms with Crippen LogP contribution < -0.4 is 0 Å². The maximum atomic E-state index is 4.43. The highest BCUT2D eigenvalue weighted by Crippen LogP contribution is 2.32. The Hall–Kier alpha value is -1.30. The van der Waals surface area contributed by atoms with Crippen molar-refractivity contribution in [3.05, 3.63) is 46.7 Å². The first kappa shape index (κ1) is 14.3. The number of likely N-dealkylation sites (tertiary alicyclic amines) is 2. The van der Waals surface area contributed by atoms with E-state index in [1.54, 1.807) is 11.3 Å². The van der Waals surface area contributed by atoms with E-state index in [4.69, 9.17) is 0 Å². The summed E-state index contributed by atoms with van der Waals surface area (Å²) in [5, 5.41) is 3.34. The van der Waals surface area contributed by atoms with E-state index in [1.807, 2.05) is 18.6 Å². The van der Waals surface area contributed by atoms with Crippen LogP contribution in [-0.2, 0) is 13.1 Å². The molecule has 5 heteroatoms. The van der Waals surface area contributed by atoms with E-state index in [0.29, 0.717) is 0 Å². The van der Waals surface area contributed by atoms with Crippen LogP contribution in [0.3, 0.4) is 0 Å². The number of piperidine rings is 1. The molecule has 4 nitrogen and oxygen atoms in total. The van der Waals surface area contributed by atoms with Crippen LogP contribution in [0.5, 0.6) is 0 Å². The van der Waals surface area contributed by atoms with E-state index >= 15 is 0 Å². The molecule has 4 heterocycles. The van der Waals surface area contributed by atoms with Crippen LogP contribution in [0.15, 0.2) is 36.1 Å². The first-order valence-corrected chi connectivity index (χ1v) is 8.97. The SMILES string of the molecule is c1cc(CN2CC[C@H]3CN(Cc4nccs4)C[C@H]3C2)ccn1. The Bertz CT molecular complexity index is 586. The molecule has 0 N–H and O–H groups in total. The molecule has 0 aromatic carbocycles. The highest BCUT2D eigenvalue weighted by Gasteiger charge is 2.36. The summed E-state index contributed by atoms with van der Waals surface area (Å²) in [4.78, 5) is 13.8. The van der Waals surface area contributed by atoms with Gasteiger partial charge >= 0.3 is 0 Å². The summed E-state index contributed by atoms with van der Waals surface area (Å²) in [6, 6.07) is 4.27. The van der Waals surface area contributed by atoms with Gasteiger partial charge < -0.3 is 0 Å². The van der Waals surface area contributed by atoms with Crippen molar-refractivity contribution in [2.45, 2.75) is 19.5 Å². The Labute approximate surface area is 135 Å². The van der Waals surface area contributed by atoms with E-state index in [1.165, 1.54) is 43.2 Å². The zero-order valence-electron chi connectivity index (χ0n) is 12.8. The highest BCUT2D eigenvalue weighted by atomic mass is 32.1. The van der Waals surface area contributed by atoms with E-state index in [9.17, 15) is 0 Å². The lowest BCUT2D eigenvalue weighted by molar-refractivity contribution is 0.142. The van der Waals surface area contributed by atoms with Crippen LogP contribution in [-0.4, -0.2) is 45.9 Å². The molecule has 2 aromatic rings. The number of nitrogens with zero attached hydrogens (tertiary/aromatic N) is 4. The summed E-state index contributed by atoms with van der Waals surface area (Å²) >= 11 is 1.78. The molecule has 4 rings (SSSR count). The maximum absolute atomic E-state index is 4.43. The van der Waals surface area contributed by atoms with Crippen molar-refractivity contribution in [2.24, 2.45) is 11.8 Å². The fraction of sp³-hybridized carbons (Fsp3) is 0.529. The van der Waals surface area contributed by atoms with Gasteiger partial charge in [0, 0.05) is 50.1 Å². The fourth-order valence-electron chi connectivity index (χ4n) is 3.88. The first-order chi connectivity index (χ1) is 10.9. The van der Waals surface area contributed by atoms with E-state index < -0.39 is 0 Å². The number of aromatic nitrogens is 2. The number of fused-ring (bicyclic) bond motifs is 1. The lowest BCUT2D eigenvalue weighted by atomic mass is 9.88. The van der Waals surface area contributed by atoms with E-state index in [-0.39, 0.29) is 0 Å². The van der Waals surface area contributed by atoms with Crippen LogP contribution in [0.1, 0.15) is 17.0 Å². The van der Waals surface area contributed by atoms with Crippen molar-refractivity contribution < 1.29 is 0 Å². The quantitative estimate of drug-likeness (QED) is 0.868. The second-order valence-electron chi connectivity index (χ2n) is 6.52. The molecule has 2 atom stereocenters. The smallest absolute Gasteiger partial charge is 0.107 e. The summed E-state index contributed by atoms with van der Waals surface area (Å²) in [6.45, 7) is 7.06. The van der Waals surface area contributed by atoms with Gasteiger partial charge in [-0.25, -0.2) is 4.98 Å². The molecular formula is C17H22N4S. The second kappa shape index (κ2) is 6.44. The van der Waals surface area contributed by atoms with Gasteiger partial charge in [0.1, 0.15) is 5.01 Å². The number of thiazole rings is 1. The summed E-state index contributed by atoms with van der Waals surface area (Å²) in [6.07, 6.45) is 7.05. The van der Waals surface area contributed by atoms with Gasteiger partial charge in [-0.2, -0.15) is 0 Å². The van der Waals surface area contributed by atoms with Gasteiger partial charge in [-0.3, -0.25) is 14.8 Å². The molecule has 0 amide bonds. The Morgan fingerprint density at radius 1 is 1.00 bits per heavy atom. The summed E-state index contributed by atoms with van der Waals surface area (Å²) < 4.78 is 0. The van der Waals surface area contributed by atoms with Crippen LogP contribution >= 0.6 is 11.3 Å². The van der Waals surface area contributed by atoms with Crippen LogP contribution in [0, 0.1) is 11.8 Å². The molecule has 0 saturated carbocycles. The lowest BCUT2D eigenvalue weighted by Crippen LogP contribution is -2.39. The molecule has 22 heavy (non-hydrogen) atoms. The van der Waals surface area contributed by atoms with Gasteiger partial charge in [-0.15, -0.1) is 11.3 Å². The van der Waals surface area contributed by atoms with Gasteiger partial charge in [0.15, 0.2) is 0 Å². The molecular weight excluding hydrogens is 292 g/mol. The number of hydrogen-bond donors (Lipinski definition) is 0. The van der Waals surface area contributed by atoms with Crippen molar-refractivity contribution in [3.63, 3.8) is 0 Å². The van der Waals surface area contributed by atoms with E-state index in [0.717, 1.165) is 24.9 Å². The Morgan fingerprint density at radius 2 is 1.82 bits per heavy atom. The molecule has 0 radical (unpaired) electrons. The Kier molecular flexibility index (Phi) is 4.19. The molecule has 2 saturated heterocycles. The third-order valence-electron chi connectivity index (χ3n) is 4.96. The van der Waals surface area contributed by atoms with Crippen LogP contribution in [0.4, 0.5) is 0 Å². The van der Waals surface area contributed by atoms with Gasteiger partial charge in [0.25, 0.3) is 0 Å². The molecule has 2 aromatic heterocycles. The van der Waals surface area contributed by atoms with Crippen molar-refractivity contribution in [2.75, 3.05) is 26.2 Å². The topological polar surface area (TPSA) is 32.3 Å². The highest BCUT2D eigenvalue weighted by molar-refractivity contribution is 7.09. The normalized spacial score (nSPS) is 26.2. The molecule has 2 aliphatic rings. The zero-order valence-corrected chi connectivity index (χ0v) is 13.6. The Balaban J connectivity index is 1.33. The van der Waals surface area contributed by atoms with Gasteiger partial charge in [0.05, 0.1) is 6.54 Å². The standard InChI is InChI=1S/C17H22N4S/c1-4-18-5-2-14(1)9-20-7-3-15-10-21(12-16(15)11-20)13-17-19-6-8-22-17/h1-2,4-6,8,15-16H,3,7,9-13H2/t15-,16+/m0/s1. The van der Waals surface area contributed by atoms with Crippen LogP contribution in [0.25, 0.3) is 0 Å². The Morgan fingerprint density at radius 3 is 2.64 bits per heavy atom. The second-order valence-corrected chi connectivity index (χ2v) is 7.50. The molecule has 0 bridgehead atoms. The minimum absolute atomic E-state index is 0.829. The van der Waals surface area contributed by atoms with Crippen molar-refractivity contribution >= 4 is 11.3 Å². The first-order valence-electron chi connectivity index (χ1n) is 8.09. The van der Waals surface area contributed by atoms with Gasteiger partial charge in [-0.1, -0.05) is 0 Å². The summed E-state index contributed by atoms with van der Waals surface area (Å²) in [7, 11) is 0. The van der Waals surface area contributed by atoms with Gasteiger partial charge in [-0.05, 0) is 42.5 Å². The van der Waals surface area contributed by atoms with Crippen molar-refractivity contribution in [3.8, 4) is 0 Å². The van der Waals surface area contributed by atoms with Crippen molar-refractivity contribution in [1.82, 2.24) is 19.8 Å². The predicted octanol–water partition coefficient (Wildman–Crippen LogP) is 2.49. The average Bonchev–Trinajstić information content (AvgIpc) is 3.17. The molecule has 116 valence electrons. The fourth-order valence-corrected chi connectivity index (χ4v) is 4.54. The predicted molar refractivity (Wildman–Crippen MR) is 88.5 cm³/mol. The molecule has 0 spiro atoms. The van der Waals surface area contributed by atoms with Crippen molar-refractivity contribution in [1.29, 1.82) is 0 Å². The number of pyridine rings is 1. The monoisotopic (exact) mass is 314 g/mol. The van der Waals surface area contributed by atoms with E-state index in [2.05, 4.69) is 37.3 Å². The molecule has 0 unspecified atom stereocenters. The third-order valence-corrected chi connectivity index (χ3v) is 5.72. The lowest BCUT2D eigenvalue weighted by Gasteiger charge is -2.34. The molecule has 2 aliphatic heterocycles. The van der Waals surface area contributed by atoms with Gasteiger partial charge in [0.2, 0.25) is 0 Å². The molecule has 2 fully saturated rings. The molecule has 0 aliphatic carbocycles. The third kappa shape index (κ3) is 3.21. The minimum atomic E-state index is 0.829. The summed E-state index contributed by atoms with van der Waals surface area (Å²) in [5.41, 5.74) is 1.38. The number of hydrogen-bond acceptors (Lipinski definition) is 5. The number of rotatable bonds is 4. The largest absolute Gasteiger partial charge is 0.299 e. The zero-order chi connectivity index (χ0) is 14.8.